The number of aromatic nitrogens is 2. The Hall–Kier alpha value is -2.88. The molecule has 3 heterocycles. The number of piperidine rings is 1. The molecule has 0 radical (unpaired) electrons. The van der Waals surface area contributed by atoms with E-state index in [0.29, 0.717) is 12.5 Å². The van der Waals surface area contributed by atoms with Gasteiger partial charge in [0.1, 0.15) is 11.6 Å². The molecule has 1 aliphatic rings. The maximum atomic E-state index is 12.4. The first-order chi connectivity index (χ1) is 16.0. The summed E-state index contributed by atoms with van der Waals surface area (Å²) in [5.74, 6) is 0.778. The van der Waals surface area contributed by atoms with Crippen molar-refractivity contribution in [1.82, 2.24) is 14.5 Å². The van der Waals surface area contributed by atoms with Crippen molar-refractivity contribution in [2.75, 3.05) is 19.6 Å². The van der Waals surface area contributed by atoms with Gasteiger partial charge in [0, 0.05) is 35.8 Å². The topological polar surface area (TPSA) is 85.1 Å². The average Bonchev–Trinajstić information content (AvgIpc) is 3.16. The summed E-state index contributed by atoms with van der Waals surface area (Å²) in [5, 5.41) is 20.9. The molecule has 0 atom stereocenters. The van der Waals surface area contributed by atoms with Gasteiger partial charge in [-0.15, -0.1) is 0 Å². The van der Waals surface area contributed by atoms with Gasteiger partial charge in [-0.1, -0.05) is 19.9 Å². The summed E-state index contributed by atoms with van der Waals surface area (Å²) in [5.41, 5.74) is 5.64. The standard InChI is InChI=1S/C28H36N4O2/c1-17(2)25-23-13-20(19-9-11-32(12-10-19)16-28(4,5)34)7-8-24(23)30-26(25)22-14-21(15-29)27(33)31(6)18(22)3/h7-8,13-14,17,19,30,34H,9-12,16H2,1-6H3. The molecule has 1 saturated heterocycles. The Kier molecular flexibility index (Phi) is 6.46. The first kappa shape index (κ1) is 24.3. The zero-order valence-corrected chi connectivity index (χ0v) is 21.2. The Morgan fingerprint density at radius 1 is 1.24 bits per heavy atom. The quantitative estimate of drug-likeness (QED) is 0.573. The molecule has 6 heteroatoms. The summed E-state index contributed by atoms with van der Waals surface area (Å²) in [6, 6.07) is 10.5. The second-order valence-corrected chi connectivity index (χ2v) is 10.8. The summed E-state index contributed by atoms with van der Waals surface area (Å²) in [7, 11) is 1.72. The van der Waals surface area contributed by atoms with Crippen LogP contribution >= 0.6 is 0 Å². The van der Waals surface area contributed by atoms with Crippen molar-refractivity contribution in [3.05, 3.63) is 57.0 Å². The van der Waals surface area contributed by atoms with E-state index in [1.165, 1.54) is 16.5 Å². The number of H-pyrrole nitrogens is 1. The molecule has 180 valence electrons. The minimum atomic E-state index is -0.663. The number of hydrogen-bond acceptors (Lipinski definition) is 4. The van der Waals surface area contributed by atoms with Gasteiger partial charge in [-0.2, -0.15) is 5.26 Å². The molecule has 4 rings (SSSR count). The molecule has 3 aromatic rings. The number of fused-ring (bicyclic) bond motifs is 1. The number of rotatable bonds is 5. The highest BCUT2D eigenvalue weighted by atomic mass is 16.3. The largest absolute Gasteiger partial charge is 0.389 e. The summed E-state index contributed by atoms with van der Waals surface area (Å²) in [4.78, 5) is 18.4. The first-order valence-corrected chi connectivity index (χ1v) is 12.2. The van der Waals surface area contributed by atoms with E-state index in [4.69, 9.17) is 0 Å². The Morgan fingerprint density at radius 3 is 2.50 bits per heavy atom. The van der Waals surface area contributed by atoms with Crippen LogP contribution in [0.2, 0.25) is 0 Å². The third-order valence-electron chi connectivity index (χ3n) is 7.22. The average molecular weight is 461 g/mol. The van der Waals surface area contributed by atoms with E-state index in [1.54, 1.807) is 17.7 Å². The zero-order valence-electron chi connectivity index (χ0n) is 21.2. The monoisotopic (exact) mass is 460 g/mol. The van der Waals surface area contributed by atoms with Gasteiger partial charge in [-0.25, -0.2) is 0 Å². The van der Waals surface area contributed by atoms with Gasteiger partial charge >= 0.3 is 0 Å². The second kappa shape index (κ2) is 9.05. The molecule has 6 nitrogen and oxygen atoms in total. The zero-order chi connectivity index (χ0) is 24.8. The van der Waals surface area contributed by atoms with E-state index >= 15 is 0 Å². The van der Waals surface area contributed by atoms with Crippen molar-refractivity contribution in [3.8, 4) is 17.3 Å². The Bertz CT molecular complexity index is 1310. The lowest BCUT2D eigenvalue weighted by Crippen LogP contribution is -2.42. The normalized spacial score (nSPS) is 15.9. The van der Waals surface area contributed by atoms with Crippen molar-refractivity contribution < 1.29 is 5.11 Å². The molecule has 0 aliphatic carbocycles. The Morgan fingerprint density at radius 2 is 1.91 bits per heavy atom. The molecule has 1 aliphatic heterocycles. The molecule has 0 unspecified atom stereocenters. The lowest BCUT2D eigenvalue weighted by molar-refractivity contribution is 0.0282. The second-order valence-electron chi connectivity index (χ2n) is 10.8. The maximum Gasteiger partial charge on any atom is 0.268 e. The van der Waals surface area contributed by atoms with Crippen LogP contribution in [0.5, 0.6) is 0 Å². The number of nitrogens with one attached hydrogen (secondary N) is 1. The fraction of sp³-hybridized carbons (Fsp3) is 0.500. The van der Waals surface area contributed by atoms with Crippen LogP contribution < -0.4 is 5.56 Å². The number of hydrogen-bond donors (Lipinski definition) is 2. The highest BCUT2D eigenvalue weighted by Crippen LogP contribution is 2.39. The minimum Gasteiger partial charge on any atom is -0.389 e. The number of nitrogens with zero attached hydrogens (tertiary/aromatic N) is 3. The van der Waals surface area contributed by atoms with Crippen LogP contribution in [0.1, 0.15) is 74.8 Å². The van der Waals surface area contributed by atoms with Crippen LogP contribution in [-0.4, -0.2) is 44.8 Å². The number of aliphatic hydroxyl groups is 1. The van der Waals surface area contributed by atoms with Crippen LogP contribution in [0, 0.1) is 18.3 Å². The molecule has 1 fully saturated rings. The van der Waals surface area contributed by atoms with Crippen LogP contribution in [0.3, 0.4) is 0 Å². The van der Waals surface area contributed by atoms with Gasteiger partial charge in [-0.3, -0.25) is 4.79 Å². The van der Waals surface area contributed by atoms with Gasteiger partial charge in [-0.05, 0) is 87.9 Å². The summed E-state index contributed by atoms with van der Waals surface area (Å²) in [6.45, 7) is 12.8. The highest BCUT2D eigenvalue weighted by molar-refractivity contribution is 5.92. The fourth-order valence-corrected chi connectivity index (χ4v) is 5.43. The lowest BCUT2D eigenvalue weighted by atomic mass is 9.87. The van der Waals surface area contributed by atoms with E-state index in [1.807, 2.05) is 20.8 Å². The molecular weight excluding hydrogens is 424 g/mol. The van der Waals surface area contributed by atoms with Gasteiger partial charge < -0.3 is 19.6 Å². The van der Waals surface area contributed by atoms with Gasteiger partial charge in [0.05, 0.1) is 11.3 Å². The van der Waals surface area contributed by atoms with E-state index < -0.39 is 5.60 Å². The SMILES string of the molecule is Cc1c(-c2[nH]c3ccc(C4CCN(CC(C)(C)O)CC4)cc3c2C(C)C)cc(C#N)c(=O)n1C. The summed E-state index contributed by atoms with van der Waals surface area (Å²) in [6.07, 6.45) is 2.17. The molecule has 0 bridgehead atoms. The molecule has 0 saturated carbocycles. The van der Waals surface area contributed by atoms with E-state index in [9.17, 15) is 15.2 Å². The first-order valence-electron chi connectivity index (χ1n) is 12.2. The van der Waals surface area contributed by atoms with E-state index in [-0.39, 0.29) is 17.0 Å². The number of aromatic amines is 1. The smallest absolute Gasteiger partial charge is 0.268 e. The van der Waals surface area contributed by atoms with E-state index in [0.717, 1.165) is 48.4 Å². The third kappa shape index (κ3) is 4.55. The number of benzene rings is 1. The molecule has 2 aromatic heterocycles. The molecule has 0 spiro atoms. The Labute approximate surface area is 201 Å². The van der Waals surface area contributed by atoms with Crippen LogP contribution in [0.25, 0.3) is 22.2 Å². The predicted molar refractivity (Wildman–Crippen MR) is 137 cm³/mol. The van der Waals surface area contributed by atoms with Crippen molar-refractivity contribution in [1.29, 1.82) is 5.26 Å². The minimum absolute atomic E-state index is 0.162. The fourth-order valence-electron chi connectivity index (χ4n) is 5.43. The number of β-amino-alcohol motifs (C(OH)–C–C–N with tert-alkyl or cyclic N) is 1. The molecule has 0 amide bonds. The van der Waals surface area contributed by atoms with Crippen molar-refractivity contribution in [3.63, 3.8) is 0 Å². The maximum absolute atomic E-state index is 12.4. The van der Waals surface area contributed by atoms with Crippen molar-refractivity contribution in [2.45, 2.75) is 64.9 Å². The third-order valence-corrected chi connectivity index (χ3v) is 7.22. The van der Waals surface area contributed by atoms with Crippen LogP contribution in [-0.2, 0) is 7.05 Å². The van der Waals surface area contributed by atoms with Crippen LogP contribution in [0.4, 0.5) is 0 Å². The van der Waals surface area contributed by atoms with Gasteiger partial charge in [0.25, 0.3) is 5.56 Å². The van der Waals surface area contributed by atoms with Crippen LogP contribution in [0.15, 0.2) is 29.1 Å². The number of pyridine rings is 1. The number of likely N-dealkylation sites (tertiary alicyclic amines) is 1. The summed E-state index contributed by atoms with van der Waals surface area (Å²) >= 11 is 0. The van der Waals surface area contributed by atoms with Crippen molar-refractivity contribution in [2.24, 2.45) is 7.05 Å². The van der Waals surface area contributed by atoms with Gasteiger partial charge in [0.2, 0.25) is 0 Å². The molecule has 2 N–H and O–H groups in total. The Balaban J connectivity index is 1.74. The molecular formula is C28H36N4O2. The highest BCUT2D eigenvalue weighted by Gasteiger charge is 2.26. The summed E-state index contributed by atoms with van der Waals surface area (Å²) < 4.78 is 1.57. The molecule has 34 heavy (non-hydrogen) atoms. The van der Waals surface area contributed by atoms with Crippen molar-refractivity contribution >= 4 is 10.9 Å². The van der Waals surface area contributed by atoms with E-state index in [2.05, 4.69) is 48.0 Å². The predicted octanol–water partition coefficient (Wildman–Crippen LogP) is 4.79. The number of nitriles is 1. The van der Waals surface area contributed by atoms with Gasteiger partial charge in [0.15, 0.2) is 0 Å². The molecule has 1 aromatic carbocycles. The lowest BCUT2D eigenvalue weighted by Gasteiger charge is -2.35.